The highest BCUT2D eigenvalue weighted by atomic mass is 79.9. The van der Waals surface area contributed by atoms with E-state index in [2.05, 4.69) is 81.4 Å². The van der Waals surface area contributed by atoms with E-state index in [4.69, 9.17) is 0 Å². The smallest absolute Gasteiger partial charge is 0.222 e. The summed E-state index contributed by atoms with van der Waals surface area (Å²) >= 11 is 3.33. The molecule has 1 unspecified atom stereocenters. The van der Waals surface area contributed by atoms with Crippen molar-refractivity contribution in [3.8, 4) is 0 Å². The third-order valence-electron chi connectivity index (χ3n) is 3.16. The van der Waals surface area contributed by atoms with Crippen LogP contribution < -0.4 is 5.32 Å². The van der Waals surface area contributed by atoms with Crippen molar-refractivity contribution in [2.75, 3.05) is 26.0 Å². The zero-order valence-electron chi connectivity index (χ0n) is 12.0. The highest BCUT2D eigenvalue weighted by molar-refractivity contribution is 9.10. The monoisotopic (exact) mass is 334 g/mol. The van der Waals surface area contributed by atoms with Crippen LogP contribution in [0.1, 0.15) is 17.2 Å². The Bertz CT molecular complexity index is 537. The van der Waals surface area contributed by atoms with Crippen LogP contribution in [0.3, 0.4) is 0 Å². The molecule has 0 spiro atoms. The molecule has 0 aliphatic carbocycles. The fourth-order valence-electron chi connectivity index (χ4n) is 1.98. The predicted octanol–water partition coefficient (Wildman–Crippen LogP) is 3.26. The number of hydrogen-bond donors (Lipinski definition) is 1. The van der Waals surface area contributed by atoms with Crippen molar-refractivity contribution in [2.45, 2.75) is 13.0 Å². The number of rotatable bonds is 5. The van der Waals surface area contributed by atoms with Gasteiger partial charge in [-0.1, -0.05) is 29.8 Å². The highest BCUT2D eigenvalue weighted by Crippen LogP contribution is 2.19. The number of nitrogens with one attached hydrogen (secondary N) is 1. The summed E-state index contributed by atoms with van der Waals surface area (Å²) in [4.78, 5) is 10.7. The SMILES string of the molecule is Cc1ccc(C(CNc2ncc(Br)cn2)N(C)C)cc1. The number of hydrogen-bond acceptors (Lipinski definition) is 4. The number of nitrogens with zero attached hydrogens (tertiary/aromatic N) is 3. The first-order valence-electron chi connectivity index (χ1n) is 6.50. The Morgan fingerprint density at radius 1 is 1.15 bits per heavy atom. The lowest BCUT2D eigenvalue weighted by Gasteiger charge is -2.25. The molecule has 4 nitrogen and oxygen atoms in total. The Morgan fingerprint density at radius 2 is 1.75 bits per heavy atom. The van der Waals surface area contributed by atoms with Crippen molar-refractivity contribution in [3.05, 3.63) is 52.3 Å². The largest absolute Gasteiger partial charge is 0.352 e. The van der Waals surface area contributed by atoms with Gasteiger partial charge in [0.15, 0.2) is 0 Å². The first-order valence-corrected chi connectivity index (χ1v) is 7.30. The molecule has 1 atom stereocenters. The summed E-state index contributed by atoms with van der Waals surface area (Å²) in [5.74, 6) is 0.646. The van der Waals surface area contributed by atoms with E-state index in [9.17, 15) is 0 Å². The lowest BCUT2D eigenvalue weighted by atomic mass is 10.0. The van der Waals surface area contributed by atoms with Crippen LogP contribution in [0.5, 0.6) is 0 Å². The van der Waals surface area contributed by atoms with Gasteiger partial charge in [-0.05, 0) is 42.5 Å². The number of anilines is 1. The van der Waals surface area contributed by atoms with Crippen molar-refractivity contribution < 1.29 is 0 Å². The summed E-state index contributed by atoms with van der Waals surface area (Å²) in [5, 5.41) is 3.28. The molecule has 0 fully saturated rings. The molecule has 0 radical (unpaired) electrons. The topological polar surface area (TPSA) is 41.1 Å². The molecule has 2 rings (SSSR count). The van der Waals surface area contributed by atoms with Gasteiger partial charge in [-0.3, -0.25) is 0 Å². The summed E-state index contributed by atoms with van der Waals surface area (Å²) in [6, 6.07) is 8.90. The Kier molecular flexibility index (Phi) is 5.09. The van der Waals surface area contributed by atoms with Crippen molar-refractivity contribution >= 4 is 21.9 Å². The lowest BCUT2D eigenvalue weighted by molar-refractivity contribution is 0.311. The summed E-state index contributed by atoms with van der Waals surface area (Å²) in [7, 11) is 4.16. The standard InChI is InChI=1S/C15H19BrN4/c1-11-4-6-12(7-5-11)14(20(2)3)10-19-15-17-8-13(16)9-18-15/h4-9,14H,10H2,1-3H3,(H,17,18,19). The molecule has 0 saturated heterocycles. The van der Waals surface area contributed by atoms with Gasteiger partial charge in [0.05, 0.1) is 10.5 Å². The van der Waals surface area contributed by atoms with Crippen LogP contribution in [0.15, 0.2) is 41.1 Å². The second-order valence-electron chi connectivity index (χ2n) is 5.00. The normalized spacial score (nSPS) is 12.4. The molecule has 1 heterocycles. The number of benzene rings is 1. The predicted molar refractivity (Wildman–Crippen MR) is 85.8 cm³/mol. The van der Waals surface area contributed by atoms with E-state index in [1.54, 1.807) is 12.4 Å². The Balaban J connectivity index is 2.06. The van der Waals surface area contributed by atoms with E-state index in [0.717, 1.165) is 11.0 Å². The molecular formula is C15H19BrN4. The van der Waals surface area contributed by atoms with Crippen LogP contribution in [-0.2, 0) is 0 Å². The zero-order chi connectivity index (χ0) is 14.5. The summed E-state index contributed by atoms with van der Waals surface area (Å²) in [6.45, 7) is 2.86. The van der Waals surface area contributed by atoms with E-state index >= 15 is 0 Å². The zero-order valence-corrected chi connectivity index (χ0v) is 13.6. The van der Waals surface area contributed by atoms with E-state index in [0.29, 0.717) is 5.95 Å². The van der Waals surface area contributed by atoms with E-state index < -0.39 is 0 Å². The van der Waals surface area contributed by atoms with Crippen molar-refractivity contribution in [2.24, 2.45) is 0 Å². The maximum Gasteiger partial charge on any atom is 0.222 e. The highest BCUT2D eigenvalue weighted by Gasteiger charge is 2.14. The number of aromatic nitrogens is 2. The minimum atomic E-state index is 0.280. The second kappa shape index (κ2) is 6.81. The Labute approximate surface area is 128 Å². The number of halogens is 1. The van der Waals surface area contributed by atoms with Crippen LogP contribution in [-0.4, -0.2) is 35.5 Å². The van der Waals surface area contributed by atoms with Gasteiger partial charge in [-0.25, -0.2) is 9.97 Å². The lowest BCUT2D eigenvalue weighted by Crippen LogP contribution is -2.27. The van der Waals surface area contributed by atoms with Crippen molar-refractivity contribution in [1.29, 1.82) is 0 Å². The minimum Gasteiger partial charge on any atom is -0.352 e. The summed E-state index contributed by atoms with van der Waals surface area (Å²) < 4.78 is 0.880. The van der Waals surface area contributed by atoms with Crippen LogP contribution in [0.4, 0.5) is 5.95 Å². The fourth-order valence-corrected chi connectivity index (χ4v) is 2.18. The van der Waals surface area contributed by atoms with E-state index in [1.165, 1.54) is 11.1 Å². The van der Waals surface area contributed by atoms with Gasteiger partial charge in [-0.15, -0.1) is 0 Å². The molecule has 2 aromatic rings. The molecule has 0 aliphatic heterocycles. The maximum absolute atomic E-state index is 4.23. The Hall–Kier alpha value is -1.46. The van der Waals surface area contributed by atoms with Gasteiger partial charge in [0.1, 0.15) is 0 Å². The van der Waals surface area contributed by atoms with Crippen LogP contribution in [0.25, 0.3) is 0 Å². The van der Waals surface area contributed by atoms with E-state index in [1.807, 2.05) is 0 Å². The molecule has 20 heavy (non-hydrogen) atoms. The van der Waals surface area contributed by atoms with Gasteiger partial charge in [0.2, 0.25) is 5.95 Å². The molecular weight excluding hydrogens is 316 g/mol. The van der Waals surface area contributed by atoms with Crippen LogP contribution in [0, 0.1) is 6.92 Å². The average molecular weight is 335 g/mol. The van der Waals surface area contributed by atoms with Crippen molar-refractivity contribution in [3.63, 3.8) is 0 Å². The number of likely N-dealkylation sites (N-methyl/N-ethyl adjacent to an activating group) is 1. The van der Waals surface area contributed by atoms with Crippen LogP contribution in [0.2, 0.25) is 0 Å². The van der Waals surface area contributed by atoms with Gasteiger partial charge in [0.25, 0.3) is 0 Å². The average Bonchev–Trinajstić information content (AvgIpc) is 2.43. The van der Waals surface area contributed by atoms with Crippen LogP contribution >= 0.6 is 15.9 Å². The van der Waals surface area contributed by atoms with Crippen molar-refractivity contribution in [1.82, 2.24) is 14.9 Å². The van der Waals surface area contributed by atoms with Gasteiger partial charge in [-0.2, -0.15) is 0 Å². The molecule has 1 aromatic heterocycles. The van der Waals surface area contributed by atoms with Gasteiger partial charge < -0.3 is 10.2 Å². The molecule has 106 valence electrons. The molecule has 1 aromatic carbocycles. The summed E-state index contributed by atoms with van der Waals surface area (Å²) in [5.41, 5.74) is 2.56. The Morgan fingerprint density at radius 3 is 2.30 bits per heavy atom. The molecule has 0 bridgehead atoms. The summed E-state index contributed by atoms with van der Waals surface area (Å²) in [6.07, 6.45) is 3.48. The molecule has 5 heteroatoms. The first kappa shape index (κ1) is 14.9. The quantitative estimate of drug-likeness (QED) is 0.911. The minimum absolute atomic E-state index is 0.280. The third kappa shape index (κ3) is 4.02. The molecule has 0 saturated carbocycles. The molecule has 0 amide bonds. The van der Waals surface area contributed by atoms with Gasteiger partial charge in [0, 0.05) is 18.9 Å². The maximum atomic E-state index is 4.23. The number of aryl methyl sites for hydroxylation is 1. The molecule has 0 aliphatic rings. The third-order valence-corrected chi connectivity index (χ3v) is 3.57. The first-order chi connectivity index (χ1) is 9.56. The molecule has 1 N–H and O–H groups in total. The second-order valence-corrected chi connectivity index (χ2v) is 5.91. The van der Waals surface area contributed by atoms with Gasteiger partial charge >= 0.3 is 0 Å². The van der Waals surface area contributed by atoms with E-state index in [-0.39, 0.29) is 6.04 Å². The fraction of sp³-hybridized carbons (Fsp3) is 0.333.